The molecule has 0 atom stereocenters. The number of aromatic amines is 1. The number of hydrogen-bond acceptors (Lipinski definition) is 9. The lowest BCUT2D eigenvalue weighted by Crippen LogP contribution is -2.47. The molecule has 1 N–H and O–H groups in total. The van der Waals surface area contributed by atoms with Gasteiger partial charge in [-0.2, -0.15) is 4.31 Å². The Hall–Kier alpha value is -3.16. The topological polar surface area (TPSA) is 143 Å². The third-order valence-electron chi connectivity index (χ3n) is 5.75. The van der Waals surface area contributed by atoms with Crippen molar-refractivity contribution in [1.29, 1.82) is 0 Å². The third-order valence-corrected chi connectivity index (χ3v) is 7.65. The second-order valence-corrected chi connectivity index (χ2v) is 10.0. The van der Waals surface area contributed by atoms with Crippen LogP contribution in [0, 0.1) is 4.91 Å². The summed E-state index contributed by atoms with van der Waals surface area (Å²) in [6.45, 7) is 6.14. The number of aryl methyl sites for hydroxylation is 1. The number of hydrogen-bond donors (Lipinski definition) is 1. The first-order valence-corrected chi connectivity index (χ1v) is 12.6. The van der Waals surface area contributed by atoms with E-state index < -0.39 is 15.6 Å². The number of nitroso groups, excluding NO2 is 1. The van der Waals surface area contributed by atoms with Crippen molar-refractivity contribution in [3.63, 3.8) is 0 Å². The summed E-state index contributed by atoms with van der Waals surface area (Å²) < 4.78 is 33.8. The maximum atomic E-state index is 13.3. The fourth-order valence-corrected chi connectivity index (χ4v) is 5.42. The van der Waals surface area contributed by atoms with Gasteiger partial charge in [-0.25, -0.2) is 13.4 Å². The molecular weight excluding hydrogens is 462 g/mol. The zero-order valence-corrected chi connectivity index (χ0v) is 20.1. The van der Waals surface area contributed by atoms with Crippen molar-refractivity contribution in [2.75, 3.05) is 39.8 Å². The number of H-pyrrole nitrogens is 1. The quantitative estimate of drug-likeness (QED) is 0.470. The van der Waals surface area contributed by atoms with Gasteiger partial charge in [0, 0.05) is 26.2 Å². The van der Waals surface area contributed by atoms with E-state index in [1.807, 2.05) is 14.0 Å². The predicted octanol–water partition coefficient (Wildman–Crippen LogP) is 1.60. The Kier molecular flexibility index (Phi) is 6.77. The maximum absolute atomic E-state index is 13.3. The molecule has 12 nitrogen and oxygen atoms in total. The molecule has 0 amide bonds. The van der Waals surface area contributed by atoms with Crippen molar-refractivity contribution in [3.05, 3.63) is 39.2 Å². The van der Waals surface area contributed by atoms with E-state index in [1.165, 1.54) is 16.4 Å². The highest BCUT2D eigenvalue weighted by Crippen LogP contribution is 2.32. The summed E-state index contributed by atoms with van der Waals surface area (Å²) in [6, 6.07) is 4.52. The van der Waals surface area contributed by atoms with Gasteiger partial charge in [0.05, 0.1) is 28.0 Å². The van der Waals surface area contributed by atoms with Gasteiger partial charge in [-0.3, -0.25) is 4.79 Å². The molecule has 34 heavy (non-hydrogen) atoms. The van der Waals surface area contributed by atoms with Gasteiger partial charge < -0.3 is 14.6 Å². The number of sulfonamides is 1. The number of ether oxygens (including phenoxy) is 1. The molecule has 1 aromatic carbocycles. The van der Waals surface area contributed by atoms with E-state index in [2.05, 4.69) is 25.3 Å². The zero-order valence-electron chi connectivity index (χ0n) is 19.3. The third kappa shape index (κ3) is 4.33. The average molecular weight is 490 g/mol. The molecule has 1 fully saturated rings. The van der Waals surface area contributed by atoms with E-state index in [0.29, 0.717) is 56.2 Å². The molecule has 0 spiro atoms. The molecule has 13 heteroatoms. The van der Waals surface area contributed by atoms with Crippen molar-refractivity contribution < 1.29 is 13.2 Å². The summed E-state index contributed by atoms with van der Waals surface area (Å²) in [6.07, 6.45) is 1.21. The Balaban J connectivity index is 1.87. The van der Waals surface area contributed by atoms with Crippen LogP contribution in [0.3, 0.4) is 0 Å². The van der Waals surface area contributed by atoms with Crippen LogP contribution in [-0.2, 0) is 16.4 Å². The molecule has 4 rings (SSSR count). The highest BCUT2D eigenvalue weighted by atomic mass is 32.2. The van der Waals surface area contributed by atoms with Crippen LogP contribution in [0.25, 0.3) is 22.4 Å². The number of aromatic nitrogens is 4. The minimum absolute atomic E-state index is 0.0543. The van der Waals surface area contributed by atoms with Gasteiger partial charge >= 0.3 is 0 Å². The number of likely N-dealkylation sites (N-methyl/N-ethyl adjacent to an activating group) is 1. The van der Waals surface area contributed by atoms with E-state index in [0.717, 1.165) is 11.2 Å². The number of nitrogens with one attached hydrogen (secondary N) is 1. The van der Waals surface area contributed by atoms with Crippen LogP contribution in [0.1, 0.15) is 26.0 Å². The molecule has 182 valence electrons. The Morgan fingerprint density at radius 3 is 2.56 bits per heavy atom. The van der Waals surface area contributed by atoms with Crippen molar-refractivity contribution in [2.24, 2.45) is 5.29 Å². The number of benzene rings is 1. The van der Waals surface area contributed by atoms with Crippen molar-refractivity contribution in [2.45, 2.75) is 31.6 Å². The Bertz CT molecular complexity index is 1370. The van der Waals surface area contributed by atoms with Crippen LogP contribution >= 0.6 is 0 Å². The van der Waals surface area contributed by atoms with Gasteiger partial charge in [0.25, 0.3) is 5.56 Å². The van der Waals surface area contributed by atoms with E-state index in [4.69, 9.17) is 4.74 Å². The molecule has 0 saturated carbocycles. The Morgan fingerprint density at radius 1 is 1.18 bits per heavy atom. The van der Waals surface area contributed by atoms with Crippen LogP contribution in [0.2, 0.25) is 0 Å². The molecule has 1 saturated heterocycles. The van der Waals surface area contributed by atoms with Gasteiger partial charge in [0.1, 0.15) is 17.1 Å². The first-order chi connectivity index (χ1) is 16.3. The number of fused-ring (bicyclic) bond motifs is 1. The lowest BCUT2D eigenvalue weighted by atomic mass is 10.1. The minimum Gasteiger partial charge on any atom is -0.493 e. The summed E-state index contributed by atoms with van der Waals surface area (Å²) in [5.41, 5.74) is 0.370. The molecular formula is C21H27N7O5S. The number of nitrogens with zero attached hydrogens (tertiary/aromatic N) is 6. The van der Waals surface area contributed by atoms with Gasteiger partial charge in [-0.05, 0) is 38.6 Å². The van der Waals surface area contributed by atoms with E-state index in [-0.39, 0.29) is 21.8 Å². The monoisotopic (exact) mass is 489 g/mol. The Labute approximate surface area is 196 Å². The van der Waals surface area contributed by atoms with Gasteiger partial charge in [0.15, 0.2) is 5.52 Å². The molecule has 1 aliphatic heterocycles. The SMILES string of the molecule is CCCc1nn(N=O)c2c(=O)[nH]c(-c3cc(S(=O)(=O)N4CCN(C)CC4)ccc3OCC)nc12. The molecule has 3 heterocycles. The van der Waals surface area contributed by atoms with Gasteiger partial charge in [-0.15, -0.1) is 14.8 Å². The lowest BCUT2D eigenvalue weighted by Gasteiger charge is -2.31. The summed E-state index contributed by atoms with van der Waals surface area (Å²) in [4.78, 5) is 34.1. The molecule has 0 aliphatic carbocycles. The largest absolute Gasteiger partial charge is 0.493 e. The van der Waals surface area contributed by atoms with Gasteiger partial charge in [-0.1, -0.05) is 13.3 Å². The van der Waals surface area contributed by atoms with Crippen LogP contribution in [0.5, 0.6) is 5.75 Å². The Morgan fingerprint density at radius 2 is 1.91 bits per heavy atom. The van der Waals surface area contributed by atoms with Crippen LogP contribution in [0.4, 0.5) is 0 Å². The zero-order chi connectivity index (χ0) is 24.5. The van der Waals surface area contributed by atoms with Crippen LogP contribution < -0.4 is 10.3 Å². The fourth-order valence-electron chi connectivity index (χ4n) is 3.97. The molecule has 0 unspecified atom stereocenters. The maximum Gasteiger partial charge on any atom is 0.279 e. The normalized spacial score (nSPS) is 15.6. The van der Waals surface area contributed by atoms with Crippen LogP contribution in [0.15, 0.2) is 33.2 Å². The fraction of sp³-hybridized carbons (Fsp3) is 0.476. The second-order valence-electron chi connectivity index (χ2n) is 8.08. The van der Waals surface area contributed by atoms with Crippen molar-refractivity contribution in [3.8, 4) is 17.1 Å². The van der Waals surface area contributed by atoms with E-state index in [9.17, 15) is 18.1 Å². The standard InChI is InChI=1S/C21H27N7O5S/c1-4-6-16-18-19(28(24-16)25-30)21(29)23-20(22-18)15-13-14(7-8-17(15)33-5-2)34(31,32)27-11-9-26(3)10-12-27/h7-8,13H,4-6,9-12H2,1-3H3,(H,22,23,29). The van der Waals surface area contributed by atoms with Crippen molar-refractivity contribution >= 4 is 21.1 Å². The van der Waals surface area contributed by atoms with Gasteiger partial charge in [0.2, 0.25) is 10.0 Å². The summed E-state index contributed by atoms with van der Waals surface area (Å²) >= 11 is 0. The smallest absolute Gasteiger partial charge is 0.279 e. The molecule has 0 radical (unpaired) electrons. The molecule has 3 aromatic rings. The van der Waals surface area contributed by atoms with Crippen LogP contribution in [-0.4, -0.2) is 77.3 Å². The van der Waals surface area contributed by atoms with E-state index in [1.54, 1.807) is 13.0 Å². The summed E-state index contributed by atoms with van der Waals surface area (Å²) in [5, 5.41) is 6.89. The first-order valence-electron chi connectivity index (χ1n) is 11.1. The highest BCUT2D eigenvalue weighted by molar-refractivity contribution is 7.89. The first kappa shape index (κ1) is 24.0. The predicted molar refractivity (Wildman–Crippen MR) is 126 cm³/mol. The highest BCUT2D eigenvalue weighted by Gasteiger charge is 2.29. The molecule has 1 aliphatic rings. The lowest BCUT2D eigenvalue weighted by molar-refractivity contribution is 0.222. The molecule has 2 aromatic heterocycles. The minimum atomic E-state index is -3.76. The summed E-state index contributed by atoms with van der Waals surface area (Å²) in [7, 11) is -1.81. The van der Waals surface area contributed by atoms with E-state index >= 15 is 0 Å². The molecule has 0 bridgehead atoms. The average Bonchev–Trinajstić information content (AvgIpc) is 3.18. The van der Waals surface area contributed by atoms with Crippen molar-refractivity contribution in [1.82, 2.24) is 29.1 Å². The number of piperazine rings is 1. The number of rotatable bonds is 8. The summed E-state index contributed by atoms with van der Waals surface area (Å²) in [5.74, 6) is 0.499. The second kappa shape index (κ2) is 9.60.